The molecule has 7 heteroatoms. The molecule has 0 spiro atoms. The molecule has 6 nitrogen and oxygen atoms in total. The largest absolute Gasteiger partial charge is 0.358 e. The topological polar surface area (TPSA) is 82.7 Å². The van der Waals surface area contributed by atoms with E-state index < -0.39 is 0 Å². The number of aryl methyl sites for hydroxylation is 2. The molecule has 0 bridgehead atoms. The van der Waals surface area contributed by atoms with Crippen molar-refractivity contribution in [3.8, 4) is 0 Å². The third-order valence-corrected chi connectivity index (χ3v) is 6.19. The van der Waals surface area contributed by atoms with Crippen LogP contribution in [0.15, 0.2) is 85.1 Å². The number of nitrogens with zero attached hydrogens (tertiary/aromatic N) is 2. The van der Waals surface area contributed by atoms with Gasteiger partial charge in [-0.05, 0) is 68.4 Å². The van der Waals surface area contributed by atoms with E-state index in [1.165, 1.54) is 0 Å². The number of hydrogen-bond donors (Lipinski definition) is 3. The Bertz CT molecular complexity index is 1510. The summed E-state index contributed by atoms with van der Waals surface area (Å²) in [6.45, 7) is 4.00. The van der Waals surface area contributed by atoms with Crippen molar-refractivity contribution in [1.29, 1.82) is 0 Å². The summed E-state index contributed by atoms with van der Waals surface area (Å²) in [5.41, 5.74) is 5.91. The second-order valence-corrected chi connectivity index (χ2v) is 8.76. The summed E-state index contributed by atoms with van der Waals surface area (Å²) >= 11 is 6.22. The van der Waals surface area contributed by atoms with Crippen molar-refractivity contribution in [2.75, 3.05) is 10.6 Å². The van der Waals surface area contributed by atoms with Crippen molar-refractivity contribution in [2.45, 2.75) is 19.9 Å². The molecule has 0 fully saturated rings. The summed E-state index contributed by atoms with van der Waals surface area (Å²) in [4.78, 5) is 25.6. The standard InChI is InChI=1S/C28H24ClN5O/c1-17-8-7-12-25(31-17)34-27(24-11-5-6-15-30-24)26-18(2)32-23-14-13-19(16-21(23)26)33-28(35)20-9-3-4-10-22(20)29/h3-16,27,32H,1-2H3,(H,31,34)(H,33,35)/t27-/m1/s1. The Morgan fingerprint density at radius 1 is 0.971 bits per heavy atom. The van der Waals surface area contributed by atoms with Gasteiger partial charge in [0.25, 0.3) is 5.91 Å². The molecule has 0 radical (unpaired) electrons. The number of nitrogens with one attached hydrogen (secondary N) is 3. The lowest BCUT2D eigenvalue weighted by Crippen LogP contribution is -2.16. The number of aromatic amines is 1. The van der Waals surface area contributed by atoms with Gasteiger partial charge in [-0.2, -0.15) is 0 Å². The van der Waals surface area contributed by atoms with Gasteiger partial charge in [0.2, 0.25) is 0 Å². The molecule has 0 unspecified atom stereocenters. The van der Waals surface area contributed by atoms with E-state index in [0.29, 0.717) is 16.3 Å². The summed E-state index contributed by atoms with van der Waals surface area (Å²) in [5.74, 6) is 0.504. The molecule has 35 heavy (non-hydrogen) atoms. The maximum atomic E-state index is 12.9. The van der Waals surface area contributed by atoms with Crippen LogP contribution in [0.5, 0.6) is 0 Å². The van der Waals surface area contributed by atoms with Gasteiger partial charge < -0.3 is 15.6 Å². The van der Waals surface area contributed by atoms with Crippen molar-refractivity contribution in [3.63, 3.8) is 0 Å². The zero-order valence-corrected chi connectivity index (χ0v) is 20.1. The van der Waals surface area contributed by atoms with Gasteiger partial charge in [0.1, 0.15) is 5.82 Å². The van der Waals surface area contributed by atoms with Gasteiger partial charge in [0, 0.05) is 39.7 Å². The lowest BCUT2D eigenvalue weighted by Gasteiger charge is -2.20. The second kappa shape index (κ2) is 9.60. The summed E-state index contributed by atoms with van der Waals surface area (Å²) in [7, 11) is 0. The maximum absolute atomic E-state index is 12.9. The number of anilines is 2. The Hall–Kier alpha value is -4.16. The van der Waals surface area contributed by atoms with E-state index in [2.05, 4.69) is 25.6 Å². The molecule has 2 aromatic carbocycles. The summed E-state index contributed by atoms with van der Waals surface area (Å²) in [5, 5.41) is 7.94. The Kier molecular flexibility index (Phi) is 6.21. The normalized spacial score (nSPS) is 11.9. The van der Waals surface area contributed by atoms with Gasteiger partial charge in [0.05, 0.1) is 22.3 Å². The van der Waals surface area contributed by atoms with Gasteiger partial charge in [-0.25, -0.2) is 4.98 Å². The fourth-order valence-electron chi connectivity index (χ4n) is 4.25. The van der Waals surface area contributed by atoms with Crippen LogP contribution in [-0.2, 0) is 0 Å². The quantitative estimate of drug-likeness (QED) is 0.252. The highest BCUT2D eigenvalue weighted by molar-refractivity contribution is 6.34. The van der Waals surface area contributed by atoms with E-state index >= 15 is 0 Å². The zero-order chi connectivity index (χ0) is 24.4. The van der Waals surface area contributed by atoms with E-state index in [0.717, 1.165) is 39.4 Å². The monoisotopic (exact) mass is 481 g/mol. The van der Waals surface area contributed by atoms with Gasteiger partial charge in [-0.15, -0.1) is 0 Å². The van der Waals surface area contributed by atoms with Crippen LogP contribution < -0.4 is 10.6 Å². The summed E-state index contributed by atoms with van der Waals surface area (Å²) in [6.07, 6.45) is 1.78. The molecule has 174 valence electrons. The van der Waals surface area contributed by atoms with Gasteiger partial charge in [-0.3, -0.25) is 9.78 Å². The molecule has 3 aromatic heterocycles. The predicted molar refractivity (Wildman–Crippen MR) is 141 cm³/mol. The average Bonchev–Trinajstić information content (AvgIpc) is 3.18. The molecule has 3 N–H and O–H groups in total. The summed E-state index contributed by atoms with van der Waals surface area (Å²) < 4.78 is 0. The highest BCUT2D eigenvalue weighted by atomic mass is 35.5. The number of pyridine rings is 2. The third-order valence-electron chi connectivity index (χ3n) is 5.87. The zero-order valence-electron chi connectivity index (χ0n) is 19.3. The molecule has 3 heterocycles. The smallest absolute Gasteiger partial charge is 0.257 e. The molecular weight excluding hydrogens is 458 g/mol. The number of halogens is 1. The van der Waals surface area contributed by atoms with Crippen LogP contribution in [0.3, 0.4) is 0 Å². The molecule has 5 aromatic rings. The van der Waals surface area contributed by atoms with E-state index in [9.17, 15) is 4.79 Å². The molecule has 0 aliphatic rings. The molecule has 0 aliphatic heterocycles. The number of carbonyl (C=O) groups is 1. The molecule has 1 atom stereocenters. The maximum Gasteiger partial charge on any atom is 0.257 e. The number of carbonyl (C=O) groups excluding carboxylic acids is 1. The number of rotatable bonds is 6. The lowest BCUT2D eigenvalue weighted by atomic mass is 9.99. The number of benzene rings is 2. The molecule has 5 rings (SSSR count). The van der Waals surface area contributed by atoms with Gasteiger partial charge in [-0.1, -0.05) is 35.9 Å². The first-order valence-electron chi connectivity index (χ1n) is 11.3. The van der Waals surface area contributed by atoms with E-state index in [1.807, 2.05) is 68.4 Å². The fraction of sp³-hybridized carbons (Fsp3) is 0.107. The van der Waals surface area contributed by atoms with E-state index in [-0.39, 0.29) is 11.9 Å². The van der Waals surface area contributed by atoms with Crippen LogP contribution in [0, 0.1) is 13.8 Å². The van der Waals surface area contributed by atoms with Crippen molar-refractivity contribution in [3.05, 3.63) is 118 Å². The highest BCUT2D eigenvalue weighted by Crippen LogP contribution is 2.35. The first-order valence-corrected chi connectivity index (χ1v) is 11.7. The van der Waals surface area contributed by atoms with Crippen LogP contribution in [0.2, 0.25) is 5.02 Å². The number of H-pyrrole nitrogens is 1. The SMILES string of the molecule is Cc1cccc(N[C@H](c2ccccn2)c2c(C)[nH]c3ccc(NC(=O)c4ccccc4Cl)cc23)n1. The number of hydrogen-bond acceptors (Lipinski definition) is 4. The number of amides is 1. The van der Waals surface area contributed by atoms with Gasteiger partial charge in [0.15, 0.2) is 0 Å². The Labute approximate surface area is 208 Å². The number of fused-ring (bicyclic) bond motifs is 1. The summed E-state index contributed by atoms with van der Waals surface area (Å²) in [6, 6.07) is 24.3. The second-order valence-electron chi connectivity index (χ2n) is 8.35. The predicted octanol–water partition coefficient (Wildman–Crippen LogP) is 6.68. The minimum atomic E-state index is -0.257. The van der Waals surface area contributed by atoms with Crippen LogP contribution in [0.1, 0.15) is 39.0 Å². The average molecular weight is 482 g/mol. The highest BCUT2D eigenvalue weighted by Gasteiger charge is 2.23. The van der Waals surface area contributed by atoms with Crippen LogP contribution in [0.4, 0.5) is 11.5 Å². The Morgan fingerprint density at radius 2 is 1.80 bits per heavy atom. The van der Waals surface area contributed by atoms with Crippen molar-refractivity contribution < 1.29 is 4.79 Å². The molecule has 0 aliphatic carbocycles. The Balaban J connectivity index is 1.57. The minimum Gasteiger partial charge on any atom is -0.358 e. The van der Waals surface area contributed by atoms with Gasteiger partial charge >= 0.3 is 0 Å². The minimum absolute atomic E-state index is 0.256. The fourth-order valence-corrected chi connectivity index (χ4v) is 4.47. The molecular formula is C28H24ClN5O. The molecule has 1 amide bonds. The molecule has 0 saturated carbocycles. The van der Waals surface area contributed by atoms with Crippen molar-refractivity contribution in [1.82, 2.24) is 15.0 Å². The number of aromatic nitrogens is 3. The lowest BCUT2D eigenvalue weighted by molar-refractivity contribution is 0.102. The first-order chi connectivity index (χ1) is 17.0. The van der Waals surface area contributed by atoms with Crippen molar-refractivity contribution in [2.24, 2.45) is 0 Å². The van der Waals surface area contributed by atoms with E-state index in [4.69, 9.17) is 11.6 Å². The van der Waals surface area contributed by atoms with Crippen LogP contribution >= 0.6 is 11.6 Å². The van der Waals surface area contributed by atoms with Crippen LogP contribution in [0.25, 0.3) is 10.9 Å². The Morgan fingerprint density at radius 3 is 2.57 bits per heavy atom. The molecule has 0 saturated heterocycles. The first kappa shape index (κ1) is 22.6. The van der Waals surface area contributed by atoms with Crippen LogP contribution in [-0.4, -0.2) is 20.9 Å². The third kappa shape index (κ3) is 4.74. The van der Waals surface area contributed by atoms with E-state index in [1.54, 1.807) is 30.5 Å². The van der Waals surface area contributed by atoms with Crippen molar-refractivity contribution >= 4 is 39.9 Å².